The normalized spacial score (nSPS) is 30.7. The molecule has 4 aliphatic rings. The maximum Gasteiger partial charge on any atom is 0.352 e. The highest BCUT2D eigenvalue weighted by atomic mass is 16.6. The third-order valence-electron chi connectivity index (χ3n) is 7.75. The number of rotatable bonds is 6. The Kier molecular flexibility index (Phi) is 6.09. The van der Waals surface area contributed by atoms with Gasteiger partial charge in [0.1, 0.15) is 5.76 Å². The van der Waals surface area contributed by atoms with Gasteiger partial charge in [-0.25, -0.2) is 4.79 Å². The zero-order valence-corrected chi connectivity index (χ0v) is 18.9. The van der Waals surface area contributed by atoms with Crippen LogP contribution in [0.5, 0.6) is 11.5 Å². The van der Waals surface area contributed by atoms with Crippen molar-refractivity contribution in [1.82, 2.24) is 4.90 Å². The number of aliphatic hydroxyl groups is 1. The summed E-state index contributed by atoms with van der Waals surface area (Å²) in [5.74, 6) is -2.32. The van der Waals surface area contributed by atoms with E-state index in [4.69, 9.17) is 19.3 Å². The van der Waals surface area contributed by atoms with Crippen molar-refractivity contribution in [3.63, 3.8) is 0 Å². The number of esters is 2. The number of phenolic OH excluding ortho intramolecular Hbond substituents is 1. The van der Waals surface area contributed by atoms with Crippen molar-refractivity contribution in [1.29, 1.82) is 0 Å². The molecule has 1 saturated heterocycles. The molecule has 2 aliphatic carbocycles. The molecule has 0 saturated carbocycles. The molecule has 35 heavy (non-hydrogen) atoms. The van der Waals surface area contributed by atoms with Crippen LogP contribution in [0.2, 0.25) is 0 Å². The molecule has 10 nitrogen and oxygen atoms in total. The number of phenols is 1. The molecule has 10 heteroatoms. The van der Waals surface area contributed by atoms with E-state index in [2.05, 4.69) is 4.90 Å². The van der Waals surface area contributed by atoms with Gasteiger partial charge < -0.3 is 34.4 Å². The molecule has 0 radical (unpaired) electrons. The average molecular weight is 490 g/mol. The van der Waals surface area contributed by atoms with Gasteiger partial charge in [0.05, 0.1) is 23.9 Å². The van der Waals surface area contributed by atoms with E-state index in [-0.39, 0.29) is 37.8 Å². The maximum atomic E-state index is 12.7. The van der Waals surface area contributed by atoms with E-state index < -0.39 is 47.6 Å². The monoisotopic (exact) mass is 489 g/mol. The molecule has 5 atom stereocenters. The lowest BCUT2D eigenvalue weighted by molar-refractivity contribution is -0.175. The summed E-state index contributed by atoms with van der Waals surface area (Å²) in [5, 5.41) is 31.3. The number of nitrogens with zero attached hydrogens (tertiary/aromatic N) is 1. The number of likely N-dealkylation sites (tertiary alicyclic amines) is 1. The van der Waals surface area contributed by atoms with Gasteiger partial charge in [-0.3, -0.25) is 9.59 Å². The number of carbonyl (C=O) groups is 3. The van der Waals surface area contributed by atoms with Crippen LogP contribution in [0.4, 0.5) is 0 Å². The highest BCUT2D eigenvalue weighted by Crippen LogP contribution is 2.65. The van der Waals surface area contributed by atoms with Crippen LogP contribution < -0.4 is 4.74 Å². The quantitative estimate of drug-likeness (QED) is 0.505. The number of benzene rings is 1. The molecule has 5 rings (SSSR count). The number of hydrogen-bond donors (Lipinski definition) is 3. The average Bonchev–Trinajstić information content (AvgIpc) is 3.14. The number of carbonyl (C=O) groups excluding carboxylic acids is 2. The highest BCUT2D eigenvalue weighted by molar-refractivity contribution is 5.81. The Morgan fingerprint density at radius 1 is 1.29 bits per heavy atom. The van der Waals surface area contributed by atoms with E-state index in [1.807, 2.05) is 13.1 Å². The number of aromatic hydroxyl groups is 1. The van der Waals surface area contributed by atoms with Gasteiger partial charge in [0.25, 0.3) is 0 Å². The first-order valence-corrected chi connectivity index (χ1v) is 11.4. The maximum absolute atomic E-state index is 12.7. The van der Waals surface area contributed by atoms with Crippen molar-refractivity contribution in [2.24, 2.45) is 0 Å². The Bertz CT molecular complexity index is 1110. The minimum atomic E-state index is -1.26. The second-order valence-corrected chi connectivity index (χ2v) is 9.55. The van der Waals surface area contributed by atoms with Gasteiger partial charge in [0, 0.05) is 18.0 Å². The van der Waals surface area contributed by atoms with Gasteiger partial charge >= 0.3 is 17.9 Å². The van der Waals surface area contributed by atoms with Crippen LogP contribution >= 0.6 is 0 Å². The zero-order chi connectivity index (χ0) is 24.4. The van der Waals surface area contributed by atoms with Crippen molar-refractivity contribution in [3.05, 3.63) is 35.1 Å². The lowest BCUT2D eigenvalue weighted by Crippen LogP contribution is -2.74. The Balaban J connectivity index is 0.00000289. The molecule has 2 bridgehead atoms. The van der Waals surface area contributed by atoms with Gasteiger partial charge in [-0.2, -0.15) is 0 Å². The summed E-state index contributed by atoms with van der Waals surface area (Å²) < 4.78 is 16.9. The number of ether oxygens (including phenoxy) is 3. The summed E-state index contributed by atoms with van der Waals surface area (Å²) in [5.41, 5.74) is -0.303. The fourth-order valence-electron chi connectivity index (χ4n) is 6.15. The molecule has 2 aliphatic heterocycles. The van der Waals surface area contributed by atoms with E-state index in [0.29, 0.717) is 25.1 Å². The molecule has 3 N–H and O–H groups in total. The van der Waals surface area contributed by atoms with Crippen molar-refractivity contribution in [3.8, 4) is 11.5 Å². The van der Waals surface area contributed by atoms with Gasteiger partial charge in [-0.15, -0.1) is 0 Å². The van der Waals surface area contributed by atoms with Gasteiger partial charge in [0.15, 0.2) is 23.7 Å². The minimum Gasteiger partial charge on any atom is -0.504 e. The highest BCUT2D eigenvalue weighted by Gasteiger charge is 2.72. The molecule has 1 spiro atoms. The van der Waals surface area contributed by atoms with E-state index in [1.54, 1.807) is 12.1 Å². The van der Waals surface area contributed by atoms with Gasteiger partial charge in [-0.1, -0.05) is 13.5 Å². The van der Waals surface area contributed by atoms with Crippen molar-refractivity contribution in [2.75, 3.05) is 13.6 Å². The first kappa shape index (κ1) is 25.0. The number of likely N-dealkylation sites (N-methyl/N-ethyl adjacent to an activating group) is 1. The summed E-state index contributed by atoms with van der Waals surface area (Å²) in [6, 6.07) is 3.27. The third-order valence-corrected chi connectivity index (χ3v) is 7.75. The van der Waals surface area contributed by atoms with E-state index >= 15 is 0 Å². The van der Waals surface area contributed by atoms with Crippen molar-refractivity contribution in [2.45, 2.75) is 75.7 Å². The van der Waals surface area contributed by atoms with E-state index in [1.165, 1.54) is 6.92 Å². The second-order valence-electron chi connectivity index (χ2n) is 9.55. The summed E-state index contributed by atoms with van der Waals surface area (Å²) in [4.78, 5) is 37.3. The lowest BCUT2D eigenvalue weighted by Gasteiger charge is -2.61. The number of carboxylic acids is 1. The second kappa shape index (κ2) is 8.53. The summed E-state index contributed by atoms with van der Waals surface area (Å²) >= 11 is 0. The zero-order valence-electron chi connectivity index (χ0n) is 18.9. The van der Waals surface area contributed by atoms with Crippen LogP contribution in [-0.4, -0.2) is 75.6 Å². The van der Waals surface area contributed by atoms with Crippen LogP contribution in [0.3, 0.4) is 0 Å². The van der Waals surface area contributed by atoms with E-state index in [0.717, 1.165) is 11.1 Å². The number of hydrogen-bond acceptors (Lipinski definition) is 9. The van der Waals surface area contributed by atoms with Gasteiger partial charge in [0.2, 0.25) is 0 Å². The Labute approximate surface area is 203 Å². The molecule has 0 amide bonds. The molecule has 190 valence electrons. The molecule has 0 aromatic heterocycles. The fourth-order valence-corrected chi connectivity index (χ4v) is 6.15. The molecular weight excluding hydrogens is 458 g/mol. The molecule has 1 aromatic carbocycles. The smallest absolute Gasteiger partial charge is 0.352 e. The Hall–Kier alpha value is -3.11. The molecule has 1 fully saturated rings. The third kappa shape index (κ3) is 3.49. The summed E-state index contributed by atoms with van der Waals surface area (Å²) in [6.45, 7) is 2.04. The molecule has 0 unspecified atom stereocenters. The van der Waals surface area contributed by atoms with E-state index in [9.17, 15) is 24.6 Å². The first-order valence-electron chi connectivity index (χ1n) is 11.4. The van der Waals surface area contributed by atoms with Crippen molar-refractivity contribution >= 4 is 17.9 Å². The van der Waals surface area contributed by atoms with Crippen molar-refractivity contribution < 1.29 is 43.9 Å². The topological polar surface area (TPSA) is 143 Å². The first-order chi connectivity index (χ1) is 16.1. The van der Waals surface area contributed by atoms with Crippen LogP contribution in [0.25, 0.3) is 0 Å². The fraction of sp³-hybridized carbons (Fsp3) is 0.560. The molecule has 1 aromatic rings. The minimum absolute atomic E-state index is 0. The predicted octanol–water partition coefficient (Wildman–Crippen LogP) is 1.65. The number of carboxylic acid groups (broad SMARTS) is 1. The summed E-state index contributed by atoms with van der Waals surface area (Å²) in [6.07, 6.45) is 0.171. The van der Waals surface area contributed by atoms with Crippen LogP contribution in [0, 0.1) is 0 Å². The Morgan fingerprint density at radius 2 is 2.03 bits per heavy atom. The number of piperidine rings is 1. The lowest BCUT2D eigenvalue weighted by atomic mass is 9.50. The number of aliphatic carboxylic acids is 1. The largest absolute Gasteiger partial charge is 0.504 e. The summed E-state index contributed by atoms with van der Waals surface area (Å²) in [7, 11) is 1.98. The predicted molar refractivity (Wildman–Crippen MR) is 122 cm³/mol. The van der Waals surface area contributed by atoms with Crippen LogP contribution in [0.15, 0.2) is 24.0 Å². The molecule has 2 heterocycles. The Morgan fingerprint density at radius 3 is 2.74 bits per heavy atom. The van der Waals surface area contributed by atoms with Crippen LogP contribution in [0.1, 0.15) is 51.2 Å². The van der Waals surface area contributed by atoms with Gasteiger partial charge in [-0.05, 0) is 51.1 Å². The SMILES string of the molecule is C.C[C@H](OC(=O)CCC(=O)O)C(=O)OC1=CC[C@@]2(O)[C@H]3Cc4ccc(O)c5c4[C@@]2(CCN3C)[C@H]1O5. The standard InChI is InChI=1S/C24H27NO9.CH4/c1-12(32-18(29)6-5-17(27)28)22(30)33-15-7-8-24(31)16-11-13-3-4-14(26)20-19(13)23(24,21(15)34-20)9-10-25(16)2;/h3-4,7,12,16,21,26,31H,5-6,8-11H2,1-2H3,(H,27,28);1H4/t12-,16+,21-,23-,24+;/m0./s1. The molecular formula is C25H31NO9. The van der Waals surface area contributed by atoms with Crippen LogP contribution in [-0.2, 0) is 35.7 Å².